The summed E-state index contributed by atoms with van der Waals surface area (Å²) in [5.41, 5.74) is 1.85. The summed E-state index contributed by atoms with van der Waals surface area (Å²) in [5, 5.41) is 3.48. The molecule has 1 heteroatoms. The van der Waals surface area contributed by atoms with Crippen LogP contribution in [0.3, 0.4) is 0 Å². The van der Waals surface area contributed by atoms with Crippen LogP contribution in [0.15, 0.2) is 30.3 Å². The van der Waals surface area contributed by atoms with Crippen molar-refractivity contribution in [1.29, 1.82) is 0 Å². The molecular formula is C16H27N. The van der Waals surface area contributed by atoms with E-state index in [1.165, 1.54) is 31.2 Å². The van der Waals surface area contributed by atoms with Crippen molar-refractivity contribution in [3.63, 3.8) is 0 Å². The van der Waals surface area contributed by atoms with Crippen LogP contribution < -0.4 is 5.32 Å². The van der Waals surface area contributed by atoms with Gasteiger partial charge in [0, 0.05) is 6.04 Å². The molecule has 1 aromatic rings. The summed E-state index contributed by atoms with van der Waals surface area (Å²) in [6.07, 6.45) is 4.94. The third-order valence-electron chi connectivity index (χ3n) is 4.00. The van der Waals surface area contributed by atoms with Crippen LogP contribution in [-0.2, 0) is 6.42 Å². The molecule has 0 saturated heterocycles. The van der Waals surface area contributed by atoms with Gasteiger partial charge in [-0.05, 0) is 43.7 Å². The van der Waals surface area contributed by atoms with Crippen LogP contribution in [-0.4, -0.2) is 13.1 Å². The van der Waals surface area contributed by atoms with Gasteiger partial charge in [-0.2, -0.15) is 0 Å². The molecule has 0 radical (unpaired) electrons. The van der Waals surface area contributed by atoms with Crippen molar-refractivity contribution in [2.75, 3.05) is 7.05 Å². The lowest BCUT2D eigenvalue weighted by Gasteiger charge is -2.33. The van der Waals surface area contributed by atoms with Gasteiger partial charge in [0.25, 0.3) is 0 Å². The predicted molar refractivity (Wildman–Crippen MR) is 76.3 cm³/mol. The van der Waals surface area contributed by atoms with Gasteiger partial charge in [-0.25, -0.2) is 0 Å². The molecule has 0 aliphatic carbocycles. The average molecular weight is 233 g/mol. The summed E-state index contributed by atoms with van der Waals surface area (Å²) in [7, 11) is 2.09. The molecule has 0 fully saturated rings. The number of hydrogen-bond donors (Lipinski definition) is 1. The van der Waals surface area contributed by atoms with Crippen LogP contribution >= 0.6 is 0 Å². The van der Waals surface area contributed by atoms with Gasteiger partial charge >= 0.3 is 0 Å². The van der Waals surface area contributed by atoms with Gasteiger partial charge in [0.05, 0.1) is 0 Å². The Kier molecular flexibility index (Phi) is 5.70. The highest BCUT2D eigenvalue weighted by atomic mass is 14.9. The van der Waals surface area contributed by atoms with E-state index in [-0.39, 0.29) is 0 Å². The molecule has 0 heterocycles. The maximum Gasteiger partial charge on any atom is 0.0115 e. The van der Waals surface area contributed by atoms with E-state index in [1.807, 2.05) is 0 Å². The molecule has 1 atom stereocenters. The standard InChI is InChI=1S/C16H27N/c1-5-16(2,3)15(17-4)13-9-12-14-10-7-6-8-11-14/h6-8,10-11,15,17H,5,9,12-13H2,1-4H3. The minimum absolute atomic E-state index is 0.394. The Morgan fingerprint density at radius 3 is 2.35 bits per heavy atom. The van der Waals surface area contributed by atoms with Crippen LogP contribution in [0.5, 0.6) is 0 Å². The molecule has 1 unspecified atom stereocenters. The molecule has 0 saturated carbocycles. The number of rotatable bonds is 7. The van der Waals surface area contributed by atoms with Crippen molar-refractivity contribution in [3.05, 3.63) is 35.9 Å². The van der Waals surface area contributed by atoms with Crippen molar-refractivity contribution in [3.8, 4) is 0 Å². The van der Waals surface area contributed by atoms with E-state index in [4.69, 9.17) is 0 Å². The van der Waals surface area contributed by atoms with Gasteiger partial charge in [-0.15, -0.1) is 0 Å². The Bertz CT molecular complexity index is 303. The molecule has 96 valence electrons. The molecule has 0 aromatic heterocycles. The lowest BCUT2D eigenvalue weighted by atomic mass is 9.79. The molecule has 0 aliphatic rings. The Balaban J connectivity index is 2.39. The molecule has 1 N–H and O–H groups in total. The molecule has 0 amide bonds. The maximum atomic E-state index is 3.48. The van der Waals surface area contributed by atoms with Crippen LogP contribution in [0, 0.1) is 5.41 Å². The zero-order valence-electron chi connectivity index (χ0n) is 11.8. The van der Waals surface area contributed by atoms with Gasteiger partial charge in [0.2, 0.25) is 0 Å². The fourth-order valence-electron chi connectivity index (χ4n) is 2.33. The third kappa shape index (κ3) is 4.51. The van der Waals surface area contributed by atoms with Crippen LogP contribution in [0.4, 0.5) is 0 Å². The molecule has 1 aromatic carbocycles. The second-order valence-electron chi connectivity index (χ2n) is 5.56. The molecule has 1 nitrogen and oxygen atoms in total. The predicted octanol–water partition coefficient (Wildman–Crippen LogP) is 4.03. The lowest BCUT2D eigenvalue weighted by Crippen LogP contribution is -2.39. The monoisotopic (exact) mass is 233 g/mol. The molecule has 0 bridgehead atoms. The summed E-state index contributed by atoms with van der Waals surface area (Å²) in [4.78, 5) is 0. The van der Waals surface area contributed by atoms with Crippen LogP contribution in [0.1, 0.15) is 45.6 Å². The highest BCUT2D eigenvalue weighted by molar-refractivity contribution is 5.14. The van der Waals surface area contributed by atoms with Gasteiger partial charge < -0.3 is 5.32 Å². The number of benzene rings is 1. The van der Waals surface area contributed by atoms with Crippen LogP contribution in [0.25, 0.3) is 0 Å². The molecule has 1 rings (SSSR count). The van der Waals surface area contributed by atoms with Gasteiger partial charge in [0.15, 0.2) is 0 Å². The van der Waals surface area contributed by atoms with Gasteiger partial charge in [-0.3, -0.25) is 0 Å². The minimum Gasteiger partial charge on any atom is -0.316 e. The largest absolute Gasteiger partial charge is 0.316 e. The van der Waals surface area contributed by atoms with Crippen molar-refractivity contribution >= 4 is 0 Å². The lowest BCUT2D eigenvalue weighted by molar-refractivity contribution is 0.227. The summed E-state index contributed by atoms with van der Waals surface area (Å²) in [5.74, 6) is 0. The SMILES string of the molecule is CCC(C)(C)C(CCCc1ccccc1)NC. The Morgan fingerprint density at radius 2 is 1.82 bits per heavy atom. The quantitative estimate of drug-likeness (QED) is 0.749. The minimum atomic E-state index is 0.394. The normalized spacial score (nSPS) is 13.6. The van der Waals surface area contributed by atoms with E-state index in [0.717, 1.165) is 0 Å². The van der Waals surface area contributed by atoms with E-state index >= 15 is 0 Å². The zero-order valence-corrected chi connectivity index (χ0v) is 11.8. The van der Waals surface area contributed by atoms with Crippen molar-refractivity contribution < 1.29 is 0 Å². The molecular weight excluding hydrogens is 206 g/mol. The van der Waals surface area contributed by atoms with E-state index in [0.29, 0.717) is 11.5 Å². The second kappa shape index (κ2) is 6.80. The summed E-state index contributed by atoms with van der Waals surface area (Å²) in [6, 6.07) is 11.4. The van der Waals surface area contributed by atoms with E-state index in [1.54, 1.807) is 0 Å². The van der Waals surface area contributed by atoms with E-state index in [2.05, 4.69) is 63.5 Å². The van der Waals surface area contributed by atoms with Crippen molar-refractivity contribution in [2.45, 2.75) is 52.5 Å². The van der Waals surface area contributed by atoms with Gasteiger partial charge in [0.1, 0.15) is 0 Å². The first kappa shape index (κ1) is 14.2. The van der Waals surface area contributed by atoms with E-state index < -0.39 is 0 Å². The van der Waals surface area contributed by atoms with Crippen molar-refractivity contribution in [2.24, 2.45) is 5.41 Å². The number of aryl methyl sites for hydroxylation is 1. The van der Waals surface area contributed by atoms with Crippen LogP contribution in [0.2, 0.25) is 0 Å². The first-order valence-electron chi connectivity index (χ1n) is 6.81. The third-order valence-corrected chi connectivity index (χ3v) is 4.00. The molecule has 0 aliphatic heterocycles. The maximum absolute atomic E-state index is 3.48. The topological polar surface area (TPSA) is 12.0 Å². The number of nitrogens with one attached hydrogen (secondary N) is 1. The Hall–Kier alpha value is -0.820. The zero-order chi connectivity index (χ0) is 12.7. The fourth-order valence-corrected chi connectivity index (χ4v) is 2.33. The summed E-state index contributed by atoms with van der Waals surface area (Å²) >= 11 is 0. The van der Waals surface area contributed by atoms with Gasteiger partial charge in [-0.1, -0.05) is 51.1 Å². The highest BCUT2D eigenvalue weighted by Crippen LogP contribution is 2.27. The summed E-state index contributed by atoms with van der Waals surface area (Å²) < 4.78 is 0. The average Bonchev–Trinajstić information content (AvgIpc) is 2.35. The van der Waals surface area contributed by atoms with E-state index in [9.17, 15) is 0 Å². The smallest absolute Gasteiger partial charge is 0.0115 e. The van der Waals surface area contributed by atoms with Crippen molar-refractivity contribution in [1.82, 2.24) is 5.32 Å². The second-order valence-corrected chi connectivity index (χ2v) is 5.56. The Morgan fingerprint density at radius 1 is 1.18 bits per heavy atom. The Labute approximate surface area is 107 Å². The first-order valence-corrected chi connectivity index (χ1v) is 6.81. The fraction of sp³-hybridized carbons (Fsp3) is 0.625. The number of hydrogen-bond acceptors (Lipinski definition) is 1. The summed E-state index contributed by atoms with van der Waals surface area (Å²) in [6.45, 7) is 6.99. The molecule has 0 spiro atoms. The highest BCUT2D eigenvalue weighted by Gasteiger charge is 2.25. The first-order chi connectivity index (χ1) is 8.10. The molecule has 17 heavy (non-hydrogen) atoms.